The van der Waals surface area contributed by atoms with Gasteiger partial charge in [-0.15, -0.1) is 0 Å². The Bertz CT molecular complexity index is 980. The number of anilines is 1. The highest BCUT2D eigenvalue weighted by atomic mass is 32.2. The van der Waals surface area contributed by atoms with Crippen molar-refractivity contribution < 1.29 is 9.59 Å². The molecule has 0 aliphatic carbocycles. The van der Waals surface area contributed by atoms with Gasteiger partial charge in [-0.25, -0.2) is 0 Å². The number of rotatable bonds is 6. The Kier molecular flexibility index (Phi) is 7.01. The molecule has 148 valence electrons. The lowest BCUT2D eigenvalue weighted by Crippen LogP contribution is -2.31. The first-order chi connectivity index (χ1) is 13.9. The van der Waals surface area contributed by atoms with Crippen LogP contribution >= 0.6 is 24.0 Å². The van der Waals surface area contributed by atoms with Gasteiger partial charge in [-0.3, -0.25) is 14.5 Å². The van der Waals surface area contributed by atoms with Crippen LogP contribution in [0.1, 0.15) is 24.5 Å². The summed E-state index contributed by atoms with van der Waals surface area (Å²) in [5.41, 5.74) is 3.91. The number of hydrogen-bond donors (Lipinski definition) is 1. The molecule has 1 fully saturated rings. The van der Waals surface area contributed by atoms with Crippen LogP contribution in [0.15, 0.2) is 71.2 Å². The van der Waals surface area contributed by atoms with Gasteiger partial charge < -0.3 is 5.32 Å². The number of nitrogens with zero attached hydrogens (tertiary/aromatic N) is 1. The van der Waals surface area contributed by atoms with E-state index in [1.54, 1.807) is 0 Å². The number of carbonyl (C=O) groups excluding carboxylic acids is 2. The number of hydrogen-bond acceptors (Lipinski definition) is 4. The molecule has 1 heterocycles. The van der Waals surface area contributed by atoms with E-state index in [9.17, 15) is 9.59 Å². The van der Waals surface area contributed by atoms with E-state index >= 15 is 0 Å². The first-order valence-electron chi connectivity index (χ1n) is 9.27. The fraction of sp³-hybridized carbons (Fsp3) is 0.174. The molecule has 2 amide bonds. The van der Waals surface area contributed by atoms with Gasteiger partial charge in [-0.2, -0.15) is 0 Å². The molecule has 1 N–H and O–H groups in total. The van der Waals surface area contributed by atoms with Crippen molar-refractivity contribution in [3.05, 3.63) is 82.3 Å². The number of amides is 2. The Morgan fingerprint density at radius 1 is 1.14 bits per heavy atom. The second kappa shape index (κ2) is 9.67. The number of benzene rings is 2. The van der Waals surface area contributed by atoms with Gasteiger partial charge in [0, 0.05) is 18.7 Å². The summed E-state index contributed by atoms with van der Waals surface area (Å²) in [6.07, 6.45) is 4.05. The van der Waals surface area contributed by atoms with Gasteiger partial charge in [-0.05, 0) is 43.2 Å². The molecule has 3 rings (SSSR count). The quantitative estimate of drug-likeness (QED) is 0.515. The highest BCUT2D eigenvalue weighted by molar-refractivity contribution is 8.26. The van der Waals surface area contributed by atoms with Crippen LogP contribution < -0.4 is 5.32 Å². The van der Waals surface area contributed by atoms with Crippen LogP contribution in [-0.2, 0) is 9.59 Å². The van der Waals surface area contributed by atoms with Crippen molar-refractivity contribution in [1.82, 2.24) is 4.90 Å². The van der Waals surface area contributed by atoms with Crippen molar-refractivity contribution in [2.75, 3.05) is 11.9 Å². The maximum Gasteiger partial charge on any atom is 0.266 e. The minimum Gasteiger partial charge on any atom is -0.326 e. The summed E-state index contributed by atoms with van der Waals surface area (Å²) in [4.78, 5) is 27.0. The third kappa shape index (κ3) is 5.89. The lowest BCUT2D eigenvalue weighted by atomic mass is 10.1. The van der Waals surface area contributed by atoms with Gasteiger partial charge in [0.1, 0.15) is 4.32 Å². The van der Waals surface area contributed by atoms with E-state index in [2.05, 4.69) is 5.32 Å². The van der Waals surface area contributed by atoms with Crippen LogP contribution in [0.4, 0.5) is 5.69 Å². The summed E-state index contributed by atoms with van der Waals surface area (Å²) in [6.45, 7) is 4.21. The van der Waals surface area contributed by atoms with Gasteiger partial charge in [0.15, 0.2) is 0 Å². The van der Waals surface area contributed by atoms with Gasteiger partial charge in [-0.1, -0.05) is 78.1 Å². The summed E-state index contributed by atoms with van der Waals surface area (Å²) >= 11 is 6.62. The third-order valence-corrected chi connectivity index (χ3v) is 5.70. The maximum atomic E-state index is 12.7. The standard InChI is InChI=1S/C23H22N2O2S2/c1-16-8-10-19(11-9-16)24-21(26)12-13-25-22(27)20(29-23(25)28)15-17(2)14-18-6-4-3-5-7-18/h3-11,14-15H,12-13H2,1-2H3,(H,24,26)/b17-14+,20-15-. The number of carbonyl (C=O) groups is 2. The minimum absolute atomic E-state index is 0.146. The first-order valence-corrected chi connectivity index (χ1v) is 10.5. The van der Waals surface area contributed by atoms with Gasteiger partial charge in [0.25, 0.3) is 5.91 Å². The number of thiocarbonyl (C=S) groups is 1. The van der Waals surface area contributed by atoms with Crippen LogP contribution in [0.2, 0.25) is 0 Å². The summed E-state index contributed by atoms with van der Waals surface area (Å²) < 4.78 is 0.483. The molecule has 0 bridgehead atoms. The van der Waals surface area contributed by atoms with Crippen LogP contribution in [0.25, 0.3) is 6.08 Å². The van der Waals surface area contributed by atoms with Crippen LogP contribution in [0, 0.1) is 6.92 Å². The molecule has 6 heteroatoms. The zero-order chi connectivity index (χ0) is 20.8. The van der Waals surface area contributed by atoms with Crippen molar-refractivity contribution in [2.45, 2.75) is 20.3 Å². The Morgan fingerprint density at radius 2 is 1.83 bits per heavy atom. The third-order valence-electron chi connectivity index (χ3n) is 4.32. The molecule has 29 heavy (non-hydrogen) atoms. The van der Waals surface area contributed by atoms with Crippen molar-refractivity contribution in [3.63, 3.8) is 0 Å². The monoisotopic (exact) mass is 422 g/mol. The normalized spacial score (nSPS) is 15.9. The highest BCUT2D eigenvalue weighted by Gasteiger charge is 2.32. The summed E-state index contributed by atoms with van der Waals surface area (Å²) in [5, 5.41) is 2.84. The molecule has 0 radical (unpaired) electrons. The zero-order valence-electron chi connectivity index (χ0n) is 16.3. The second-order valence-electron chi connectivity index (χ2n) is 6.80. The molecule has 0 unspecified atom stereocenters. The van der Waals surface area contributed by atoms with Crippen molar-refractivity contribution in [3.8, 4) is 0 Å². The van der Waals surface area contributed by atoms with Gasteiger partial charge in [0.2, 0.25) is 5.91 Å². The smallest absolute Gasteiger partial charge is 0.266 e. The van der Waals surface area contributed by atoms with Crippen LogP contribution in [-0.4, -0.2) is 27.6 Å². The van der Waals surface area contributed by atoms with E-state index in [1.165, 1.54) is 16.7 Å². The molecule has 2 aromatic rings. The lowest BCUT2D eigenvalue weighted by molar-refractivity contribution is -0.122. The van der Waals surface area contributed by atoms with Crippen LogP contribution in [0.5, 0.6) is 0 Å². The molecular weight excluding hydrogens is 400 g/mol. The number of allylic oxidation sites excluding steroid dienone is 2. The van der Waals surface area contributed by atoms with Gasteiger partial charge in [0.05, 0.1) is 4.91 Å². The van der Waals surface area contributed by atoms with Gasteiger partial charge >= 0.3 is 0 Å². The first kappa shape index (κ1) is 21.0. The average Bonchev–Trinajstić information content (AvgIpc) is 2.95. The van der Waals surface area contributed by atoms with E-state index in [4.69, 9.17) is 12.2 Å². The molecule has 0 atom stereocenters. The SMILES string of the molecule is CC(/C=C1\SC(=S)N(CCC(=O)Nc2ccc(C)cc2)C1=O)=C\c1ccccc1. The van der Waals surface area contributed by atoms with Crippen molar-refractivity contribution >= 4 is 51.9 Å². The Labute approximate surface area is 180 Å². The molecule has 1 aliphatic heterocycles. The average molecular weight is 423 g/mol. The number of nitrogens with one attached hydrogen (secondary N) is 1. The molecule has 4 nitrogen and oxygen atoms in total. The fourth-order valence-electron chi connectivity index (χ4n) is 2.83. The van der Waals surface area contributed by atoms with E-state index in [0.29, 0.717) is 9.23 Å². The second-order valence-corrected chi connectivity index (χ2v) is 8.47. The molecule has 1 saturated heterocycles. The van der Waals surface area contributed by atoms with E-state index in [1.807, 2.05) is 80.6 Å². The fourth-order valence-corrected chi connectivity index (χ4v) is 4.19. The summed E-state index contributed by atoms with van der Waals surface area (Å²) in [7, 11) is 0. The number of aryl methyl sites for hydroxylation is 1. The van der Waals surface area contributed by atoms with Crippen LogP contribution in [0.3, 0.4) is 0 Å². The largest absolute Gasteiger partial charge is 0.326 e. The Hall–Kier alpha value is -2.70. The van der Waals surface area contributed by atoms with Crippen molar-refractivity contribution in [1.29, 1.82) is 0 Å². The zero-order valence-corrected chi connectivity index (χ0v) is 18.0. The molecule has 0 spiro atoms. The molecule has 0 aromatic heterocycles. The predicted molar refractivity (Wildman–Crippen MR) is 125 cm³/mol. The van der Waals surface area contributed by atoms with E-state index in [-0.39, 0.29) is 24.8 Å². The molecule has 0 saturated carbocycles. The Balaban J connectivity index is 1.59. The molecular formula is C23H22N2O2S2. The van der Waals surface area contributed by atoms with E-state index in [0.717, 1.165) is 22.4 Å². The Morgan fingerprint density at radius 3 is 2.52 bits per heavy atom. The summed E-state index contributed by atoms with van der Waals surface area (Å²) in [6, 6.07) is 17.5. The van der Waals surface area contributed by atoms with E-state index < -0.39 is 0 Å². The maximum absolute atomic E-state index is 12.7. The predicted octanol–water partition coefficient (Wildman–Crippen LogP) is 5.17. The summed E-state index contributed by atoms with van der Waals surface area (Å²) in [5.74, 6) is -0.295. The molecule has 2 aromatic carbocycles. The molecule has 1 aliphatic rings. The topological polar surface area (TPSA) is 49.4 Å². The number of thioether (sulfide) groups is 1. The lowest BCUT2D eigenvalue weighted by Gasteiger charge is -2.14. The van der Waals surface area contributed by atoms with Crippen molar-refractivity contribution in [2.24, 2.45) is 0 Å². The highest BCUT2D eigenvalue weighted by Crippen LogP contribution is 2.32. The minimum atomic E-state index is -0.149.